The number of anilines is 1. The van der Waals surface area contributed by atoms with Crippen molar-refractivity contribution in [2.75, 3.05) is 32.2 Å². The number of benzene rings is 2. The maximum Gasteiger partial charge on any atom is 0.143 e. The van der Waals surface area contributed by atoms with Gasteiger partial charge in [0.15, 0.2) is 0 Å². The molecule has 0 aliphatic carbocycles. The minimum absolute atomic E-state index is 0.0426. The quantitative estimate of drug-likeness (QED) is 0.911. The Morgan fingerprint density at radius 3 is 2.27 bits per heavy atom. The molecule has 0 spiro atoms. The number of hydrogen-bond donors (Lipinski definition) is 1. The summed E-state index contributed by atoms with van der Waals surface area (Å²) in [7, 11) is 3.14. The van der Waals surface area contributed by atoms with E-state index < -0.39 is 11.4 Å². The summed E-state index contributed by atoms with van der Waals surface area (Å²) >= 11 is 0. The van der Waals surface area contributed by atoms with E-state index in [1.165, 1.54) is 6.07 Å². The maximum absolute atomic E-state index is 13.9. The van der Waals surface area contributed by atoms with Crippen LogP contribution in [0.1, 0.15) is 24.0 Å². The summed E-state index contributed by atoms with van der Waals surface area (Å²) in [5.41, 5.74) is 0.310. The lowest BCUT2D eigenvalue weighted by Crippen LogP contribution is -2.43. The van der Waals surface area contributed by atoms with Crippen molar-refractivity contribution in [1.82, 2.24) is 0 Å². The van der Waals surface area contributed by atoms with Gasteiger partial charge in [-0.15, -0.1) is 0 Å². The van der Waals surface area contributed by atoms with Gasteiger partial charge in [0.2, 0.25) is 0 Å². The highest BCUT2D eigenvalue weighted by atomic mass is 19.1. The van der Waals surface area contributed by atoms with Gasteiger partial charge in [0, 0.05) is 19.2 Å². The van der Waals surface area contributed by atoms with Crippen LogP contribution in [0.3, 0.4) is 0 Å². The number of halogens is 1. The zero-order valence-electron chi connectivity index (χ0n) is 14.8. The Bertz CT molecular complexity index is 817. The summed E-state index contributed by atoms with van der Waals surface area (Å²) in [6, 6.07) is 11.9. The zero-order chi connectivity index (χ0) is 18.7. The Morgan fingerprint density at radius 2 is 1.73 bits per heavy atom. The highest BCUT2D eigenvalue weighted by Gasteiger charge is 2.35. The Morgan fingerprint density at radius 1 is 1.12 bits per heavy atom. The number of hydrogen-bond acceptors (Lipinski definition) is 5. The molecule has 2 aromatic rings. The van der Waals surface area contributed by atoms with Crippen LogP contribution in [0.5, 0.6) is 11.5 Å². The molecule has 1 aliphatic rings. The molecule has 26 heavy (non-hydrogen) atoms. The van der Waals surface area contributed by atoms with Crippen LogP contribution in [0.15, 0.2) is 36.4 Å². The van der Waals surface area contributed by atoms with Crippen molar-refractivity contribution in [3.63, 3.8) is 0 Å². The van der Waals surface area contributed by atoms with Crippen LogP contribution in [-0.4, -0.2) is 32.4 Å². The third kappa shape index (κ3) is 3.31. The fourth-order valence-corrected chi connectivity index (χ4v) is 3.37. The van der Waals surface area contributed by atoms with Gasteiger partial charge < -0.3 is 19.5 Å². The van der Waals surface area contributed by atoms with E-state index in [4.69, 9.17) is 9.47 Å². The summed E-state index contributed by atoms with van der Waals surface area (Å²) in [5, 5.41) is 20.4. The van der Waals surface area contributed by atoms with E-state index in [1.807, 2.05) is 11.0 Å². The van der Waals surface area contributed by atoms with Crippen LogP contribution < -0.4 is 14.4 Å². The molecule has 1 saturated heterocycles. The molecule has 0 radical (unpaired) electrons. The molecule has 136 valence electrons. The first-order valence-electron chi connectivity index (χ1n) is 8.40. The second kappa shape index (κ2) is 7.22. The number of ether oxygens (including phenoxy) is 2. The third-order valence-electron chi connectivity index (χ3n) is 4.92. The number of aliphatic hydroxyl groups is 1. The molecule has 0 unspecified atom stereocenters. The lowest BCUT2D eigenvalue weighted by Gasteiger charge is -2.40. The number of nitriles is 1. The first-order chi connectivity index (χ1) is 12.5. The average molecular weight is 356 g/mol. The largest absolute Gasteiger partial charge is 0.497 e. The van der Waals surface area contributed by atoms with Crippen molar-refractivity contribution in [2.45, 2.75) is 18.4 Å². The lowest BCUT2D eigenvalue weighted by molar-refractivity contribution is 0.0114. The Hall–Kier alpha value is -2.78. The molecular weight excluding hydrogens is 335 g/mol. The van der Waals surface area contributed by atoms with Crippen molar-refractivity contribution in [1.29, 1.82) is 5.26 Å². The van der Waals surface area contributed by atoms with E-state index in [9.17, 15) is 14.8 Å². The SMILES string of the molecule is COc1cc(OC)cc(C2(O)CCN(c3cccc(F)c3C#N)CC2)c1. The minimum Gasteiger partial charge on any atom is -0.497 e. The first kappa shape index (κ1) is 18.0. The summed E-state index contributed by atoms with van der Waals surface area (Å²) in [4.78, 5) is 1.94. The minimum atomic E-state index is -1.03. The topological polar surface area (TPSA) is 65.7 Å². The molecule has 1 N–H and O–H groups in total. The molecule has 5 nitrogen and oxygen atoms in total. The number of nitrogens with zero attached hydrogens (tertiary/aromatic N) is 2. The van der Waals surface area contributed by atoms with Crippen LogP contribution in [-0.2, 0) is 5.60 Å². The van der Waals surface area contributed by atoms with Crippen LogP contribution in [0.2, 0.25) is 0 Å². The molecule has 0 atom stereocenters. The first-order valence-corrected chi connectivity index (χ1v) is 8.40. The Kier molecular flexibility index (Phi) is 5.01. The third-order valence-corrected chi connectivity index (χ3v) is 4.92. The maximum atomic E-state index is 13.9. The van der Waals surface area contributed by atoms with Crippen molar-refractivity contribution >= 4 is 5.69 Å². The monoisotopic (exact) mass is 356 g/mol. The van der Waals surface area contributed by atoms with Crippen molar-refractivity contribution in [3.8, 4) is 17.6 Å². The Balaban J connectivity index is 1.84. The van der Waals surface area contributed by atoms with E-state index in [1.54, 1.807) is 44.6 Å². The van der Waals surface area contributed by atoms with E-state index in [2.05, 4.69) is 0 Å². The van der Waals surface area contributed by atoms with E-state index >= 15 is 0 Å². The smallest absolute Gasteiger partial charge is 0.143 e. The van der Waals surface area contributed by atoms with Gasteiger partial charge in [0.25, 0.3) is 0 Å². The van der Waals surface area contributed by atoms with E-state index in [-0.39, 0.29) is 5.56 Å². The zero-order valence-corrected chi connectivity index (χ0v) is 14.8. The molecule has 3 rings (SSSR count). The number of rotatable bonds is 4. The second-order valence-corrected chi connectivity index (χ2v) is 6.37. The fraction of sp³-hybridized carbons (Fsp3) is 0.350. The highest BCUT2D eigenvalue weighted by Crippen LogP contribution is 2.38. The van der Waals surface area contributed by atoms with Crippen molar-refractivity contribution < 1.29 is 19.0 Å². The summed E-state index contributed by atoms with van der Waals surface area (Å²) in [6.45, 7) is 1.02. The predicted molar refractivity (Wildman–Crippen MR) is 96.0 cm³/mol. The van der Waals surface area contributed by atoms with Gasteiger partial charge in [-0.05, 0) is 42.7 Å². The van der Waals surface area contributed by atoms with Crippen LogP contribution in [0.25, 0.3) is 0 Å². The lowest BCUT2D eigenvalue weighted by atomic mass is 9.84. The van der Waals surface area contributed by atoms with Gasteiger partial charge >= 0.3 is 0 Å². The second-order valence-electron chi connectivity index (χ2n) is 6.37. The van der Waals surface area contributed by atoms with Crippen molar-refractivity contribution in [2.24, 2.45) is 0 Å². The molecule has 1 fully saturated rings. The number of piperidine rings is 1. The van der Waals surface area contributed by atoms with Gasteiger partial charge in [-0.1, -0.05) is 6.07 Å². The Labute approximate surface area is 152 Å². The summed E-state index contributed by atoms with van der Waals surface area (Å²) < 4.78 is 24.4. The van der Waals surface area contributed by atoms with Gasteiger partial charge in [0.05, 0.1) is 25.5 Å². The normalized spacial score (nSPS) is 16.0. The molecule has 0 aromatic heterocycles. The van der Waals surface area contributed by atoms with Crippen LogP contribution in [0.4, 0.5) is 10.1 Å². The highest BCUT2D eigenvalue weighted by molar-refractivity contribution is 5.60. The average Bonchev–Trinajstić information content (AvgIpc) is 2.68. The standard InChI is InChI=1S/C20H21FN2O3/c1-25-15-10-14(11-16(12-15)26-2)20(24)6-8-23(9-7-20)19-5-3-4-18(21)17(19)13-22/h3-5,10-12,24H,6-9H2,1-2H3. The van der Waals surface area contributed by atoms with E-state index in [0.29, 0.717) is 43.1 Å². The van der Waals surface area contributed by atoms with Gasteiger partial charge in [-0.3, -0.25) is 0 Å². The fourth-order valence-electron chi connectivity index (χ4n) is 3.37. The molecule has 1 aliphatic heterocycles. The van der Waals surface area contributed by atoms with Gasteiger partial charge in [-0.2, -0.15) is 5.26 Å². The molecular formula is C20H21FN2O3. The predicted octanol–water partition coefficient (Wildman–Crippen LogP) is 3.20. The molecule has 6 heteroatoms. The van der Waals surface area contributed by atoms with Crippen molar-refractivity contribution in [3.05, 3.63) is 53.3 Å². The van der Waals surface area contributed by atoms with Gasteiger partial charge in [0.1, 0.15) is 28.9 Å². The molecule has 2 aromatic carbocycles. The summed E-state index contributed by atoms with van der Waals surface area (Å²) in [5.74, 6) is 0.711. The van der Waals surface area contributed by atoms with Gasteiger partial charge in [-0.25, -0.2) is 4.39 Å². The van der Waals surface area contributed by atoms with Crippen LogP contribution in [0, 0.1) is 17.1 Å². The van der Waals surface area contributed by atoms with E-state index in [0.717, 1.165) is 5.56 Å². The summed E-state index contributed by atoms with van der Waals surface area (Å²) in [6.07, 6.45) is 0.898. The molecule has 0 bridgehead atoms. The molecule has 0 amide bonds. The molecule has 1 heterocycles. The molecule has 0 saturated carbocycles. The van der Waals surface area contributed by atoms with Crippen LogP contribution >= 0.6 is 0 Å². The number of methoxy groups -OCH3 is 2.